The van der Waals surface area contributed by atoms with Crippen LogP contribution in [0.2, 0.25) is 0 Å². The van der Waals surface area contributed by atoms with E-state index in [4.69, 9.17) is 0 Å². The van der Waals surface area contributed by atoms with E-state index in [1.54, 1.807) is 19.9 Å². The van der Waals surface area contributed by atoms with Gasteiger partial charge in [0.1, 0.15) is 5.82 Å². The third kappa shape index (κ3) is 2.17. The highest BCUT2D eigenvalue weighted by atomic mass is 79.9. The van der Waals surface area contributed by atoms with Gasteiger partial charge in [0.2, 0.25) is 0 Å². The van der Waals surface area contributed by atoms with E-state index in [0.29, 0.717) is 17.4 Å². The molecule has 1 atom stereocenters. The number of aliphatic hydroxyl groups is 1. The van der Waals surface area contributed by atoms with Crippen LogP contribution in [0.3, 0.4) is 0 Å². The summed E-state index contributed by atoms with van der Waals surface area (Å²) in [5.41, 5.74) is -0.627. The Bertz CT molecular complexity index is 490. The molecule has 5 heteroatoms. The second kappa shape index (κ2) is 4.63. The van der Waals surface area contributed by atoms with Crippen molar-refractivity contribution in [1.82, 2.24) is 4.90 Å². The summed E-state index contributed by atoms with van der Waals surface area (Å²) in [5.74, 6) is -0.921. The highest BCUT2D eigenvalue weighted by molar-refractivity contribution is 9.10. The first-order valence-electron chi connectivity index (χ1n) is 5.79. The Morgan fingerprint density at radius 2 is 2.22 bits per heavy atom. The fourth-order valence-corrected chi connectivity index (χ4v) is 2.60. The van der Waals surface area contributed by atoms with Crippen molar-refractivity contribution in [1.29, 1.82) is 0 Å². The molecule has 1 heterocycles. The Balaban J connectivity index is 2.35. The molecular weight excluding hydrogens is 301 g/mol. The predicted octanol–water partition coefficient (Wildman–Crippen LogP) is 2.57. The van der Waals surface area contributed by atoms with E-state index in [2.05, 4.69) is 15.9 Å². The number of likely N-dealkylation sites (tertiary alicyclic amines) is 1. The Morgan fingerprint density at radius 3 is 2.78 bits per heavy atom. The molecule has 1 aliphatic heterocycles. The molecule has 2 rings (SSSR count). The Labute approximate surface area is 114 Å². The number of hydrogen-bond donors (Lipinski definition) is 1. The monoisotopic (exact) mass is 315 g/mol. The van der Waals surface area contributed by atoms with Crippen LogP contribution in [-0.4, -0.2) is 34.1 Å². The molecule has 1 aromatic rings. The molecule has 1 unspecified atom stereocenters. The molecule has 0 bridgehead atoms. The van der Waals surface area contributed by atoms with Crippen LogP contribution in [0.1, 0.15) is 30.6 Å². The summed E-state index contributed by atoms with van der Waals surface area (Å²) in [6, 6.07) is 4.28. The molecule has 0 aliphatic carbocycles. The maximum absolute atomic E-state index is 13.7. The van der Waals surface area contributed by atoms with Crippen LogP contribution in [0.5, 0.6) is 0 Å². The van der Waals surface area contributed by atoms with Gasteiger partial charge in [-0.15, -0.1) is 0 Å². The van der Waals surface area contributed by atoms with Crippen molar-refractivity contribution in [2.24, 2.45) is 0 Å². The normalized spacial score (nSPS) is 22.3. The molecule has 0 radical (unpaired) electrons. The van der Waals surface area contributed by atoms with E-state index in [9.17, 15) is 14.3 Å². The van der Waals surface area contributed by atoms with Crippen LogP contribution in [0, 0.1) is 5.82 Å². The van der Waals surface area contributed by atoms with Gasteiger partial charge in [-0.25, -0.2) is 4.39 Å². The van der Waals surface area contributed by atoms with Crippen molar-refractivity contribution >= 4 is 21.8 Å². The number of hydrogen-bond acceptors (Lipinski definition) is 2. The minimum Gasteiger partial charge on any atom is -0.391 e. The van der Waals surface area contributed by atoms with Crippen molar-refractivity contribution in [2.45, 2.75) is 31.9 Å². The van der Waals surface area contributed by atoms with Crippen LogP contribution < -0.4 is 0 Å². The number of aliphatic hydroxyl groups excluding tert-OH is 1. The van der Waals surface area contributed by atoms with Crippen LogP contribution in [0.15, 0.2) is 22.7 Å². The lowest BCUT2D eigenvalue weighted by Crippen LogP contribution is -2.48. The average Bonchev–Trinajstić information content (AvgIpc) is 2.57. The molecule has 1 fully saturated rings. The summed E-state index contributed by atoms with van der Waals surface area (Å²) in [6.45, 7) is 4.02. The molecule has 0 spiro atoms. The summed E-state index contributed by atoms with van der Waals surface area (Å²) in [7, 11) is 0. The van der Waals surface area contributed by atoms with Crippen LogP contribution in [0.25, 0.3) is 0 Å². The maximum Gasteiger partial charge on any atom is 0.257 e. The fourth-order valence-electron chi connectivity index (χ4n) is 2.24. The van der Waals surface area contributed by atoms with Gasteiger partial charge in [0, 0.05) is 11.0 Å². The van der Waals surface area contributed by atoms with E-state index in [1.165, 1.54) is 17.0 Å². The zero-order valence-electron chi connectivity index (χ0n) is 10.3. The Morgan fingerprint density at radius 1 is 1.56 bits per heavy atom. The van der Waals surface area contributed by atoms with E-state index < -0.39 is 17.5 Å². The molecule has 3 nitrogen and oxygen atoms in total. The summed E-state index contributed by atoms with van der Waals surface area (Å²) >= 11 is 3.23. The van der Waals surface area contributed by atoms with Crippen LogP contribution in [-0.2, 0) is 0 Å². The van der Waals surface area contributed by atoms with Gasteiger partial charge in [-0.05, 0) is 38.5 Å². The SMILES string of the molecule is CC1(C)C(O)CCN1C(=O)c1cc(Br)ccc1F. The van der Waals surface area contributed by atoms with Gasteiger partial charge in [-0.2, -0.15) is 0 Å². The number of carbonyl (C=O) groups excluding carboxylic acids is 1. The first-order valence-corrected chi connectivity index (χ1v) is 6.58. The molecular formula is C13H15BrFNO2. The minimum absolute atomic E-state index is 0.0338. The summed E-state index contributed by atoms with van der Waals surface area (Å²) in [6.07, 6.45) is -0.0503. The largest absolute Gasteiger partial charge is 0.391 e. The maximum atomic E-state index is 13.7. The molecule has 18 heavy (non-hydrogen) atoms. The second-order valence-electron chi connectivity index (χ2n) is 5.04. The lowest BCUT2D eigenvalue weighted by Gasteiger charge is -2.33. The van der Waals surface area contributed by atoms with Gasteiger partial charge in [0.25, 0.3) is 5.91 Å². The highest BCUT2D eigenvalue weighted by Crippen LogP contribution is 2.31. The first kappa shape index (κ1) is 13.5. The van der Waals surface area contributed by atoms with Crippen LogP contribution in [0.4, 0.5) is 4.39 Å². The van der Waals surface area contributed by atoms with Gasteiger partial charge >= 0.3 is 0 Å². The standard InChI is InChI=1S/C13H15BrFNO2/c1-13(2)11(17)5-6-16(13)12(18)9-7-8(14)3-4-10(9)15/h3-4,7,11,17H,5-6H2,1-2H3. The van der Waals surface area contributed by atoms with Crippen molar-refractivity contribution in [3.63, 3.8) is 0 Å². The highest BCUT2D eigenvalue weighted by Gasteiger charge is 2.43. The summed E-state index contributed by atoms with van der Waals surface area (Å²) < 4.78 is 14.3. The van der Waals surface area contributed by atoms with E-state index in [-0.39, 0.29) is 11.5 Å². The summed E-state index contributed by atoms with van der Waals surface area (Å²) in [4.78, 5) is 13.9. The number of carbonyl (C=O) groups is 1. The molecule has 1 saturated heterocycles. The van der Waals surface area contributed by atoms with Crippen LogP contribution >= 0.6 is 15.9 Å². The van der Waals surface area contributed by atoms with Crippen molar-refractivity contribution in [3.05, 3.63) is 34.1 Å². The number of halogens is 2. The molecule has 0 saturated carbocycles. The Hall–Kier alpha value is -0.940. The lowest BCUT2D eigenvalue weighted by atomic mass is 9.98. The van der Waals surface area contributed by atoms with Gasteiger partial charge in [-0.1, -0.05) is 15.9 Å². The predicted molar refractivity (Wildman–Crippen MR) is 69.8 cm³/mol. The van der Waals surface area contributed by atoms with Crippen molar-refractivity contribution in [3.8, 4) is 0 Å². The molecule has 98 valence electrons. The summed E-state index contributed by atoms with van der Waals surface area (Å²) in [5, 5.41) is 9.85. The van der Waals surface area contributed by atoms with Crippen molar-refractivity contribution < 1.29 is 14.3 Å². The first-order chi connectivity index (χ1) is 8.34. The Kier molecular flexibility index (Phi) is 3.47. The third-order valence-corrected chi connectivity index (χ3v) is 4.03. The lowest BCUT2D eigenvalue weighted by molar-refractivity contribution is 0.0390. The average molecular weight is 316 g/mol. The zero-order valence-corrected chi connectivity index (χ0v) is 11.9. The molecule has 1 amide bonds. The van der Waals surface area contributed by atoms with Crippen molar-refractivity contribution in [2.75, 3.05) is 6.54 Å². The fraction of sp³-hybridized carbons (Fsp3) is 0.462. The third-order valence-electron chi connectivity index (χ3n) is 3.54. The molecule has 0 aromatic heterocycles. The minimum atomic E-state index is -0.661. The quantitative estimate of drug-likeness (QED) is 0.865. The van der Waals surface area contributed by atoms with Gasteiger partial charge in [0.05, 0.1) is 17.2 Å². The molecule has 1 N–H and O–H groups in total. The molecule has 1 aromatic carbocycles. The number of amides is 1. The second-order valence-corrected chi connectivity index (χ2v) is 5.95. The topological polar surface area (TPSA) is 40.5 Å². The zero-order chi connectivity index (χ0) is 13.5. The molecule has 1 aliphatic rings. The van der Waals surface area contributed by atoms with Gasteiger partial charge in [0.15, 0.2) is 0 Å². The smallest absolute Gasteiger partial charge is 0.257 e. The van der Waals surface area contributed by atoms with E-state index >= 15 is 0 Å². The van der Waals surface area contributed by atoms with Gasteiger partial charge in [-0.3, -0.25) is 4.79 Å². The number of nitrogens with zero attached hydrogens (tertiary/aromatic N) is 1. The number of benzene rings is 1. The van der Waals surface area contributed by atoms with E-state index in [0.717, 1.165) is 0 Å². The number of rotatable bonds is 1. The van der Waals surface area contributed by atoms with E-state index in [1.807, 2.05) is 0 Å². The van der Waals surface area contributed by atoms with Gasteiger partial charge < -0.3 is 10.0 Å².